The largest absolute Gasteiger partial charge is 0.366 e. The fourth-order valence-electron chi connectivity index (χ4n) is 4.53. The molecule has 3 atom stereocenters. The lowest BCUT2D eigenvalue weighted by Crippen LogP contribution is -2.49. The third-order valence-electron chi connectivity index (χ3n) is 6.67. The van der Waals surface area contributed by atoms with Gasteiger partial charge in [0, 0.05) is 45.1 Å². The molecule has 0 bridgehead atoms. The highest BCUT2D eigenvalue weighted by atomic mass is 19.1. The molecule has 2 fully saturated rings. The topological polar surface area (TPSA) is 52.7 Å². The Morgan fingerprint density at radius 3 is 2.52 bits per heavy atom. The first-order valence-electron chi connectivity index (χ1n) is 11.0. The van der Waals surface area contributed by atoms with Crippen LogP contribution in [0.5, 0.6) is 0 Å². The van der Waals surface area contributed by atoms with Gasteiger partial charge in [-0.1, -0.05) is 38.8 Å². The van der Waals surface area contributed by atoms with E-state index in [0.29, 0.717) is 63.0 Å². The van der Waals surface area contributed by atoms with Gasteiger partial charge in [-0.15, -0.1) is 0 Å². The number of carbonyl (C=O) groups is 2. The number of carbonyl (C=O) groups excluding carboxylic acids is 2. The molecule has 2 aliphatic rings. The Hall–Kier alpha value is -2.11. The minimum atomic E-state index is -0.222. The van der Waals surface area contributed by atoms with Gasteiger partial charge >= 0.3 is 0 Å². The van der Waals surface area contributed by atoms with Crippen LogP contribution in [0.2, 0.25) is 0 Å². The van der Waals surface area contributed by atoms with Crippen LogP contribution in [-0.4, -0.2) is 48.9 Å². The molecule has 29 heavy (non-hydrogen) atoms. The van der Waals surface area contributed by atoms with E-state index in [1.54, 1.807) is 12.1 Å². The summed E-state index contributed by atoms with van der Waals surface area (Å²) in [6, 6.07) is 7.03. The molecule has 2 amide bonds. The van der Waals surface area contributed by atoms with E-state index in [9.17, 15) is 14.0 Å². The normalized spacial score (nSPS) is 25.0. The molecule has 1 aliphatic carbocycles. The maximum Gasteiger partial charge on any atom is 0.222 e. The lowest BCUT2D eigenvalue weighted by molar-refractivity contribution is -0.131. The van der Waals surface area contributed by atoms with Gasteiger partial charge in [0.25, 0.3) is 0 Å². The molecule has 5 nitrogen and oxygen atoms in total. The third-order valence-corrected chi connectivity index (χ3v) is 6.67. The minimum Gasteiger partial charge on any atom is -0.366 e. The van der Waals surface area contributed by atoms with E-state index in [1.165, 1.54) is 18.9 Å². The Bertz CT molecular complexity index is 703. The summed E-state index contributed by atoms with van der Waals surface area (Å²) in [6.45, 7) is 6.93. The molecule has 0 aromatic heterocycles. The van der Waals surface area contributed by atoms with Crippen LogP contribution in [0.4, 0.5) is 10.1 Å². The summed E-state index contributed by atoms with van der Waals surface area (Å²) < 4.78 is 13.9. The van der Waals surface area contributed by atoms with E-state index in [4.69, 9.17) is 0 Å². The molecule has 1 saturated carbocycles. The molecule has 0 spiro atoms. The van der Waals surface area contributed by atoms with E-state index >= 15 is 0 Å². The number of amides is 2. The van der Waals surface area contributed by atoms with Crippen LogP contribution >= 0.6 is 0 Å². The standard InChI is InChI=1S/C23H34FN3O2/c1-17-7-5-9-20(18(17)2)25-22(28)11-6-12-23(29)27-15-13-26(14-16-27)21-10-4-3-8-19(21)24/h3-4,8,10,17-18,20H,5-7,9,11-16H2,1-2H3,(H,25,28)/t17-,18-,20+/m1/s1. The highest BCUT2D eigenvalue weighted by Crippen LogP contribution is 2.29. The number of halogens is 1. The summed E-state index contributed by atoms with van der Waals surface area (Å²) in [5.74, 6) is 1.09. The van der Waals surface area contributed by atoms with Gasteiger partial charge in [-0.25, -0.2) is 4.39 Å². The van der Waals surface area contributed by atoms with Gasteiger partial charge in [-0.05, 0) is 36.8 Å². The van der Waals surface area contributed by atoms with Crippen molar-refractivity contribution in [2.75, 3.05) is 31.1 Å². The molecule has 6 heteroatoms. The van der Waals surface area contributed by atoms with Crippen LogP contribution in [-0.2, 0) is 9.59 Å². The van der Waals surface area contributed by atoms with E-state index in [1.807, 2.05) is 15.9 Å². The van der Waals surface area contributed by atoms with Crippen LogP contribution in [0.3, 0.4) is 0 Å². The second-order valence-electron chi connectivity index (χ2n) is 8.61. The van der Waals surface area contributed by atoms with Crippen LogP contribution in [0.25, 0.3) is 0 Å². The number of benzene rings is 1. The number of piperazine rings is 1. The van der Waals surface area contributed by atoms with E-state index in [-0.39, 0.29) is 23.7 Å². The van der Waals surface area contributed by atoms with Crippen molar-refractivity contribution in [1.82, 2.24) is 10.2 Å². The Balaban J connectivity index is 1.36. The summed E-state index contributed by atoms with van der Waals surface area (Å²) in [6.07, 6.45) is 4.85. The molecule has 1 aromatic carbocycles. The first-order valence-corrected chi connectivity index (χ1v) is 11.0. The van der Waals surface area contributed by atoms with E-state index in [2.05, 4.69) is 19.2 Å². The minimum absolute atomic E-state index is 0.0631. The number of anilines is 1. The number of hydrogen-bond donors (Lipinski definition) is 1. The number of hydrogen-bond acceptors (Lipinski definition) is 3. The van der Waals surface area contributed by atoms with Crippen molar-refractivity contribution in [3.63, 3.8) is 0 Å². The maximum atomic E-state index is 13.9. The zero-order valence-electron chi connectivity index (χ0n) is 17.7. The average molecular weight is 404 g/mol. The predicted molar refractivity (Wildman–Crippen MR) is 113 cm³/mol. The smallest absolute Gasteiger partial charge is 0.222 e. The second kappa shape index (κ2) is 10.1. The lowest BCUT2D eigenvalue weighted by atomic mass is 9.78. The molecule has 3 rings (SSSR count). The quantitative estimate of drug-likeness (QED) is 0.790. The monoisotopic (exact) mass is 403 g/mol. The zero-order valence-corrected chi connectivity index (χ0v) is 17.7. The SMILES string of the molecule is C[C@@H]1[C@H](C)CCC[C@@H]1NC(=O)CCCC(=O)N1CCN(c2ccccc2F)CC1. The summed E-state index contributed by atoms with van der Waals surface area (Å²) in [7, 11) is 0. The third kappa shape index (κ3) is 5.71. The van der Waals surface area contributed by atoms with Crippen molar-refractivity contribution >= 4 is 17.5 Å². The van der Waals surface area contributed by atoms with Crippen LogP contribution in [0, 0.1) is 17.7 Å². The van der Waals surface area contributed by atoms with E-state index < -0.39 is 0 Å². The molecule has 1 aliphatic heterocycles. The van der Waals surface area contributed by atoms with Crippen molar-refractivity contribution < 1.29 is 14.0 Å². The van der Waals surface area contributed by atoms with Crippen molar-refractivity contribution in [3.8, 4) is 0 Å². The maximum absolute atomic E-state index is 13.9. The van der Waals surface area contributed by atoms with Gasteiger partial charge in [0.2, 0.25) is 11.8 Å². The zero-order chi connectivity index (χ0) is 20.8. The van der Waals surface area contributed by atoms with Gasteiger partial charge in [0.05, 0.1) is 5.69 Å². The summed E-state index contributed by atoms with van der Waals surface area (Å²) in [4.78, 5) is 28.6. The number of para-hydroxylation sites is 1. The van der Waals surface area contributed by atoms with Crippen molar-refractivity contribution in [1.29, 1.82) is 0 Å². The van der Waals surface area contributed by atoms with Gasteiger partial charge in [-0.3, -0.25) is 9.59 Å². The fourth-order valence-corrected chi connectivity index (χ4v) is 4.53. The van der Waals surface area contributed by atoms with Gasteiger partial charge in [0.15, 0.2) is 0 Å². The van der Waals surface area contributed by atoms with E-state index in [0.717, 1.165) is 6.42 Å². The van der Waals surface area contributed by atoms with Crippen molar-refractivity contribution in [3.05, 3.63) is 30.1 Å². The molecule has 0 unspecified atom stereocenters. The molecule has 1 saturated heterocycles. The summed E-state index contributed by atoms with van der Waals surface area (Å²) >= 11 is 0. The Morgan fingerprint density at radius 2 is 1.79 bits per heavy atom. The summed E-state index contributed by atoms with van der Waals surface area (Å²) in [5, 5.41) is 3.18. The Morgan fingerprint density at radius 1 is 1.07 bits per heavy atom. The van der Waals surface area contributed by atoms with Gasteiger partial charge < -0.3 is 15.1 Å². The van der Waals surface area contributed by atoms with Gasteiger partial charge in [-0.2, -0.15) is 0 Å². The highest BCUT2D eigenvalue weighted by molar-refractivity contribution is 5.79. The number of nitrogens with zero attached hydrogens (tertiary/aromatic N) is 2. The second-order valence-corrected chi connectivity index (χ2v) is 8.61. The van der Waals surface area contributed by atoms with Crippen LogP contribution < -0.4 is 10.2 Å². The number of rotatable bonds is 6. The first kappa shape index (κ1) is 21.6. The summed E-state index contributed by atoms with van der Waals surface area (Å²) in [5.41, 5.74) is 0.600. The number of nitrogens with one attached hydrogen (secondary N) is 1. The first-order chi connectivity index (χ1) is 14.0. The fraction of sp³-hybridized carbons (Fsp3) is 0.652. The molecule has 1 N–H and O–H groups in total. The Kier molecular flexibility index (Phi) is 7.51. The molecular formula is C23H34FN3O2. The average Bonchev–Trinajstić information content (AvgIpc) is 2.72. The van der Waals surface area contributed by atoms with Crippen LogP contribution in [0.1, 0.15) is 52.4 Å². The van der Waals surface area contributed by atoms with Crippen molar-refractivity contribution in [2.24, 2.45) is 11.8 Å². The molecular weight excluding hydrogens is 369 g/mol. The Labute approximate surface area is 173 Å². The van der Waals surface area contributed by atoms with Gasteiger partial charge in [0.1, 0.15) is 5.82 Å². The highest BCUT2D eigenvalue weighted by Gasteiger charge is 2.28. The van der Waals surface area contributed by atoms with Crippen molar-refractivity contribution in [2.45, 2.75) is 58.4 Å². The van der Waals surface area contributed by atoms with Crippen LogP contribution in [0.15, 0.2) is 24.3 Å². The molecule has 1 heterocycles. The lowest BCUT2D eigenvalue weighted by Gasteiger charge is -2.36. The molecule has 0 radical (unpaired) electrons. The molecule has 160 valence electrons. The predicted octanol–water partition coefficient (Wildman–Crippen LogP) is 3.59. The molecule has 1 aromatic rings.